The molecule has 3 aliphatic heterocycles. The monoisotopic (exact) mass is 391 g/mol. The Kier molecular flexibility index (Phi) is 4.84. The van der Waals surface area contributed by atoms with Gasteiger partial charge in [0.25, 0.3) is 0 Å². The van der Waals surface area contributed by atoms with Crippen LogP contribution >= 0.6 is 0 Å². The first kappa shape index (κ1) is 18.9. The smallest absolute Gasteiger partial charge is 0.421 e. The van der Waals surface area contributed by atoms with Crippen molar-refractivity contribution in [3.63, 3.8) is 0 Å². The molecule has 3 aliphatic rings. The lowest BCUT2D eigenvalue weighted by Gasteiger charge is -2.30. The Morgan fingerprint density at radius 3 is 2.77 bits per heavy atom. The van der Waals surface area contributed by atoms with Crippen molar-refractivity contribution in [2.24, 2.45) is 11.1 Å². The van der Waals surface area contributed by atoms with Crippen LogP contribution in [0.5, 0.6) is 0 Å². The number of nitrogens with two attached hydrogens (primary N) is 1. The van der Waals surface area contributed by atoms with Crippen molar-refractivity contribution in [3.8, 4) is 0 Å². The van der Waals surface area contributed by atoms with Gasteiger partial charge in [-0.25, -0.2) is 8.98 Å². The number of primary amides is 1. The maximum absolute atomic E-state index is 12.3. The first-order valence-electron chi connectivity index (χ1n) is 8.28. The zero-order chi connectivity index (χ0) is 19.1. The van der Waals surface area contributed by atoms with E-state index in [1.807, 2.05) is 0 Å². The van der Waals surface area contributed by atoms with Crippen LogP contribution in [0, 0.1) is 5.41 Å². The molecule has 0 spiro atoms. The number of nitrogens with zero attached hydrogens (tertiary/aromatic N) is 2. The average Bonchev–Trinajstić information content (AvgIpc) is 2.80. The van der Waals surface area contributed by atoms with E-state index in [0.717, 1.165) is 0 Å². The summed E-state index contributed by atoms with van der Waals surface area (Å²) in [6.07, 6.45) is 1.72. The van der Waals surface area contributed by atoms with Crippen LogP contribution in [0.15, 0.2) is 0 Å². The van der Waals surface area contributed by atoms with Gasteiger partial charge in [-0.2, -0.15) is 13.5 Å². The van der Waals surface area contributed by atoms with E-state index >= 15 is 0 Å². The number of carbonyl (C=O) groups is 3. The molecule has 0 aliphatic carbocycles. The number of fused-ring (bicyclic) bond motifs is 2. The number of amides is 3. The third-order valence-corrected chi connectivity index (χ3v) is 5.69. The second kappa shape index (κ2) is 6.67. The minimum Gasteiger partial charge on any atom is -0.465 e. The van der Waals surface area contributed by atoms with Gasteiger partial charge in [0.05, 0.1) is 24.7 Å². The van der Waals surface area contributed by atoms with Crippen LogP contribution in [-0.4, -0.2) is 68.1 Å². The Labute approximate surface area is 150 Å². The summed E-state index contributed by atoms with van der Waals surface area (Å²) >= 11 is 0. The molecule has 1 unspecified atom stereocenters. The molecule has 12 heteroatoms. The predicted octanol–water partition coefficient (Wildman–Crippen LogP) is -0.723. The van der Waals surface area contributed by atoms with Crippen molar-refractivity contribution >= 4 is 28.3 Å². The molecular weight excluding hydrogens is 370 g/mol. The fourth-order valence-corrected chi connectivity index (χ4v) is 4.21. The van der Waals surface area contributed by atoms with Crippen molar-refractivity contribution in [1.82, 2.24) is 9.96 Å². The van der Waals surface area contributed by atoms with Gasteiger partial charge in [-0.1, -0.05) is 0 Å². The predicted molar refractivity (Wildman–Crippen MR) is 84.2 cm³/mol. The summed E-state index contributed by atoms with van der Waals surface area (Å²) in [5.41, 5.74) is 4.17. The normalized spacial score (nSPS) is 31.9. The highest BCUT2D eigenvalue weighted by Crippen LogP contribution is 2.32. The highest BCUT2D eigenvalue weighted by atomic mass is 32.3. The average molecular weight is 391 g/mol. The third kappa shape index (κ3) is 3.48. The number of esters is 1. The molecule has 0 saturated carbocycles. The van der Waals surface area contributed by atoms with Gasteiger partial charge in [0, 0.05) is 6.54 Å². The third-order valence-electron chi connectivity index (χ3n) is 4.94. The van der Waals surface area contributed by atoms with E-state index in [1.54, 1.807) is 6.92 Å². The molecule has 146 valence electrons. The maximum atomic E-state index is 12.3. The zero-order valence-electron chi connectivity index (χ0n) is 14.3. The van der Waals surface area contributed by atoms with Crippen molar-refractivity contribution in [2.45, 2.75) is 44.7 Å². The molecule has 2 N–H and O–H groups in total. The summed E-state index contributed by atoms with van der Waals surface area (Å²) in [4.78, 5) is 36.7. The van der Waals surface area contributed by atoms with Crippen LogP contribution in [0.3, 0.4) is 0 Å². The number of hydrogen-bond acceptors (Lipinski definition) is 8. The number of hydroxylamine groups is 2. The molecule has 26 heavy (non-hydrogen) atoms. The standard InChI is InChI=1S/C14H21N3O8S/c1-14(5-2-6-23-12(14)19)8-24-26(21,22)25-17-9-3-4-10(11(15)18)16(7-9)13(17)20/h9-10H,2-8H2,1H3,(H2,15,18)/t9-,10+,14?/m1/s1. The molecule has 0 radical (unpaired) electrons. The molecule has 0 aromatic heterocycles. The van der Waals surface area contributed by atoms with E-state index in [-0.39, 0.29) is 6.54 Å². The van der Waals surface area contributed by atoms with Gasteiger partial charge >= 0.3 is 22.4 Å². The van der Waals surface area contributed by atoms with Crippen LogP contribution in [0.4, 0.5) is 4.79 Å². The molecule has 0 aromatic carbocycles. The minimum atomic E-state index is -4.58. The van der Waals surface area contributed by atoms with Crippen LogP contribution in [0.1, 0.15) is 32.6 Å². The van der Waals surface area contributed by atoms with Crippen LogP contribution in [-0.2, 0) is 33.2 Å². The van der Waals surface area contributed by atoms with E-state index in [4.69, 9.17) is 18.9 Å². The molecule has 3 saturated heterocycles. The molecule has 3 fully saturated rings. The molecule has 0 aromatic rings. The summed E-state index contributed by atoms with van der Waals surface area (Å²) in [6.45, 7) is 1.53. The topological polar surface area (TPSA) is 146 Å². The summed E-state index contributed by atoms with van der Waals surface area (Å²) in [5, 5.41) is 0.694. The lowest BCUT2D eigenvalue weighted by Crippen LogP contribution is -2.47. The largest absolute Gasteiger partial charge is 0.465 e. The van der Waals surface area contributed by atoms with E-state index in [9.17, 15) is 22.8 Å². The number of hydrogen-bond donors (Lipinski definition) is 1. The van der Waals surface area contributed by atoms with Crippen molar-refractivity contribution in [3.05, 3.63) is 0 Å². The van der Waals surface area contributed by atoms with Gasteiger partial charge in [-0.05, 0) is 32.6 Å². The molecule has 3 rings (SSSR count). The minimum absolute atomic E-state index is 0.145. The summed E-state index contributed by atoms with van der Waals surface area (Å²) < 4.78 is 38.8. The van der Waals surface area contributed by atoms with E-state index in [1.165, 1.54) is 4.90 Å². The Morgan fingerprint density at radius 1 is 1.38 bits per heavy atom. The van der Waals surface area contributed by atoms with Crippen LogP contribution < -0.4 is 5.73 Å². The van der Waals surface area contributed by atoms with Crippen LogP contribution in [0.25, 0.3) is 0 Å². The Hall–Kier alpha value is -1.92. The highest BCUT2D eigenvalue weighted by Gasteiger charge is 2.49. The van der Waals surface area contributed by atoms with Crippen LogP contribution in [0.2, 0.25) is 0 Å². The SMILES string of the molecule is CC1(COS(=O)(=O)ON2C(=O)N3C[C@H]2CC[C@H]3C(N)=O)CCCOC1=O. The zero-order valence-corrected chi connectivity index (χ0v) is 15.1. The Morgan fingerprint density at radius 2 is 2.12 bits per heavy atom. The second-order valence-corrected chi connectivity index (χ2v) is 8.16. The lowest BCUT2D eigenvalue weighted by molar-refractivity contribution is -0.163. The second-order valence-electron chi connectivity index (χ2n) is 6.96. The number of urea groups is 1. The van der Waals surface area contributed by atoms with Crippen molar-refractivity contribution in [2.75, 3.05) is 19.8 Å². The highest BCUT2D eigenvalue weighted by molar-refractivity contribution is 7.81. The van der Waals surface area contributed by atoms with Gasteiger partial charge < -0.3 is 15.4 Å². The van der Waals surface area contributed by atoms with Gasteiger partial charge in [-0.3, -0.25) is 9.59 Å². The first-order valence-corrected chi connectivity index (χ1v) is 9.62. The summed E-state index contributed by atoms with van der Waals surface area (Å²) in [6, 6.07) is -2.06. The lowest BCUT2D eigenvalue weighted by atomic mass is 9.85. The Balaban J connectivity index is 1.64. The number of ether oxygens (including phenoxy) is 1. The number of piperidine rings is 1. The van der Waals surface area contributed by atoms with Gasteiger partial charge in [0.2, 0.25) is 5.91 Å². The van der Waals surface area contributed by atoms with E-state index < -0.39 is 52.4 Å². The number of carbonyl (C=O) groups excluding carboxylic acids is 3. The van der Waals surface area contributed by atoms with Crippen molar-refractivity contribution in [1.29, 1.82) is 0 Å². The first-order chi connectivity index (χ1) is 12.1. The van der Waals surface area contributed by atoms with Crippen molar-refractivity contribution < 1.29 is 36.0 Å². The number of rotatable bonds is 6. The fraction of sp³-hybridized carbons (Fsp3) is 0.786. The summed E-state index contributed by atoms with van der Waals surface area (Å²) in [7, 11) is -4.58. The van der Waals surface area contributed by atoms with E-state index in [2.05, 4.69) is 0 Å². The molecule has 3 heterocycles. The molecule has 11 nitrogen and oxygen atoms in total. The number of cyclic esters (lactones) is 1. The molecule has 2 bridgehead atoms. The molecule has 3 atom stereocenters. The van der Waals surface area contributed by atoms with Gasteiger partial charge in [0.1, 0.15) is 6.04 Å². The summed E-state index contributed by atoms with van der Waals surface area (Å²) in [5.74, 6) is -1.19. The maximum Gasteiger partial charge on any atom is 0.421 e. The molecular formula is C14H21N3O8S. The van der Waals surface area contributed by atoms with Gasteiger partial charge in [0.15, 0.2) is 0 Å². The fourth-order valence-electron chi connectivity index (χ4n) is 3.38. The Bertz CT molecular complexity index is 726. The molecule has 3 amide bonds. The van der Waals surface area contributed by atoms with E-state index in [0.29, 0.717) is 37.4 Å². The van der Waals surface area contributed by atoms with Gasteiger partial charge in [-0.15, -0.1) is 4.28 Å². The quantitative estimate of drug-likeness (QED) is 0.584.